The summed E-state index contributed by atoms with van der Waals surface area (Å²) < 4.78 is 46.0. The van der Waals surface area contributed by atoms with Crippen molar-refractivity contribution in [3.63, 3.8) is 0 Å². The van der Waals surface area contributed by atoms with Crippen molar-refractivity contribution in [3.05, 3.63) is 63.6 Å². The lowest BCUT2D eigenvalue weighted by atomic mass is 10.1. The molecule has 0 saturated carbocycles. The summed E-state index contributed by atoms with van der Waals surface area (Å²) in [5.41, 5.74) is 5.83. The Bertz CT molecular complexity index is 1270. The number of rotatable bonds is 8. The Hall–Kier alpha value is -3.65. The van der Waals surface area contributed by atoms with E-state index in [4.69, 9.17) is 10.5 Å². The molecule has 3 aromatic rings. The van der Waals surface area contributed by atoms with E-state index in [1.807, 2.05) is 6.07 Å². The number of ether oxygens (including phenoxy) is 1. The summed E-state index contributed by atoms with van der Waals surface area (Å²) in [6, 6.07) is 12.7. The van der Waals surface area contributed by atoms with Crippen molar-refractivity contribution >= 4 is 44.6 Å². The number of halogens is 4. The highest BCUT2D eigenvalue weighted by molar-refractivity contribution is 9.10. The number of alkyl halides is 3. The number of nitrogens with two attached hydrogens (primary N) is 1. The van der Waals surface area contributed by atoms with Gasteiger partial charge in [0.15, 0.2) is 11.6 Å². The molecule has 1 heterocycles. The molecule has 0 bridgehead atoms. The molecule has 1 aromatic heterocycles. The molecule has 0 aliphatic heterocycles. The summed E-state index contributed by atoms with van der Waals surface area (Å²) in [5.74, 6) is 0.828. The third-order valence-electron chi connectivity index (χ3n) is 4.96. The first kappa shape index (κ1) is 26.0. The van der Waals surface area contributed by atoms with Crippen LogP contribution in [0.15, 0.2) is 57.2 Å². The quantitative estimate of drug-likeness (QED) is 0.220. The van der Waals surface area contributed by atoms with E-state index in [0.717, 1.165) is 24.7 Å². The second-order valence-electron chi connectivity index (χ2n) is 7.52. The third kappa shape index (κ3) is 6.48. The van der Waals surface area contributed by atoms with Crippen LogP contribution in [0.4, 0.5) is 41.9 Å². The Balaban J connectivity index is 1.89. The van der Waals surface area contributed by atoms with Crippen LogP contribution in [-0.2, 0) is 6.18 Å². The lowest BCUT2D eigenvalue weighted by Crippen LogP contribution is -2.05. The first-order chi connectivity index (χ1) is 16.6. The van der Waals surface area contributed by atoms with Gasteiger partial charge >= 0.3 is 6.18 Å². The Kier molecular flexibility index (Phi) is 8.30. The Labute approximate surface area is 209 Å². The first-order valence-electron chi connectivity index (χ1n) is 10.6. The van der Waals surface area contributed by atoms with Crippen LogP contribution in [0.3, 0.4) is 0 Å². The highest BCUT2D eigenvalue weighted by Gasteiger charge is 2.34. The number of benzene rings is 2. The average molecular weight is 547 g/mol. The fraction of sp³-hybridized carbons (Fsp3) is 0.250. The minimum atomic E-state index is -4.63. The monoisotopic (exact) mass is 546 g/mol. The zero-order valence-electron chi connectivity index (χ0n) is 18.9. The molecule has 7 nitrogen and oxygen atoms in total. The molecule has 0 aliphatic carbocycles. The van der Waals surface area contributed by atoms with Gasteiger partial charge in [-0.05, 0) is 55.8 Å². The topological polar surface area (TPSA) is 109 Å². The largest absolute Gasteiger partial charge is 0.494 e. The van der Waals surface area contributed by atoms with Crippen LogP contribution >= 0.6 is 15.9 Å². The predicted molar refractivity (Wildman–Crippen MR) is 132 cm³/mol. The van der Waals surface area contributed by atoms with Crippen LogP contribution in [-0.4, -0.2) is 11.6 Å². The van der Waals surface area contributed by atoms with E-state index < -0.39 is 11.7 Å². The van der Waals surface area contributed by atoms with Gasteiger partial charge in [-0.25, -0.2) is 4.98 Å². The van der Waals surface area contributed by atoms with Crippen LogP contribution < -0.4 is 15.8 Å². The van der Waals surface area contributed by atoms with Crippen LogP contribution in [0.1, 0.15) is 36.5 Å². The van der Waals surface area contributed by atoms with Crippen molar-refractivity contribution in [2.24, 2.45) is 10.2 Å². The first-order valence-corrected chi connectivity index (χ1v) is 11.4. The number of unbranched alkanes of at least 4 members (excludes halogenated alkanes) is 1. The highest BCUT2D eigenvalue weighted by atomic mass is 79.9. The molecular weight excluding hydrogens is 525 g/mol. The van der Waals surface area contributed by atoms with Gasteiger partial charge < -0.3 is 15.8 Å². The van der Waals surface area contributed by atoms with E-state index in [0.29, 0.717) is 17.9 Å². The molecule has 11 heteroatoms. The van der Waals surface area contributed by atoms with Gasteiger partial charge in [0.05, 0.1) is 23.4 Å². The standard InChI is InChI=1S/C24H22BrF3N6O/c1-3-4-11-35-17-8-6-16(7-9-17)31-23-18(13-29)14(2)21(22(30)32-23)34-33-20-10-5-15(25)12-19(20)24(26,27)28/h5-10,12H,3-4,11H2,1-2H3,(H3,30,31,32)/b34-33+. The zero-order valence-corrected chi connectivity index (χ0v) is 20.5. The zero-order chi connectivity index (χ0) is 25.6. The molecule has 0 saturated heterocycles. The Morgan fingerprint density at radius 3 is 2.51 bits per heavy atom. The maximum atomic E-state index is 13.4. The summed E-state index contributed by atoms with van der Waals surface area (Å²) in [6.45, 7) is 4.28. The number of nitriles is 1. The van der Waals surface area contributed by atoms with Gasteiger partial charge in [-0.15, -0.1) is 10.2 Å². The van der Waals surface area contributed by atoms with E-state index in [1.54, 1.807) is 31.2 Å². The number of aromatic nitrogens is 1. The van der Waals surface area contributed by atoms with Crippen molar-refractivity contribution in [2.45, 2.75) is 32.9 Å². The molecule has 35 heavy (non-hydrogen) atoms. The number of anilines is 3. The van der Waals surface area contributed by atoms with Gasteiger partial charge in [-0.2, -0.15) is 18.4 Å². The van der Waals surface area contributed by atoms with E-state index in [1.165, 1.54) is 12.1 Å². The normalized spacial score (nSPS) is 11.5. The van der Waals surface area contributed by atoms with E-state index in [-0.39, 0.29) is 33.0 Å². The molecule has 0 atom stereocenters. The minimum absolute atomic E-state index is 0.0165. The van der Waals surface area contributed by atoms with Gasteiger partial charge in [-0.3, -0.25) is 0 Å². The number of hydrogen-bond donors (Lipinski definition) is 2. The number of nitrogens with one attached hydrogen (secondary N) is 1. The maximum absolute atomic E-state index is 13.4. The van der Waals surface area contributed by atoms with Gasteiger partial charge in [0.1, 0.15) is 17.5 Å². The molecule has 2 aromatic carbocycles. The van der Waals surface area contributed by atoms with Crippen LogP contribution in [0.5, 0.6) is 5.75 Å². The minimum Gasteiger partial charge on any atom is -0.494 e. The lowest BCUT2D eigenvalue weighted by Gasteiger charge is -2.13. The SMILES string of the molecule is CCCCOc1ccc(Nc2nc(N)c(/N=N/c3ccc(Br)cc3C(F)(F)F)c(C)c2C#N)cc1. The smallest absolute Gasteiger partial charge is 0.418 e. The van der Waals surface area contributed by atoms with E-state index in [9.17, 15) is 18.4 Å². The summed E-state index contributed by atoms with van der Waals surface area (Å²) in [4.78, 5) is 4.21. The highest BCUT2D eigenvalue weighted by Crippen LogP contribution is 2.40. The molecule has 3 N–H and O–H groups in total. The van der Waals surface area contributed by atoms with Crippen LogP contribution in [0.25, 0.3) is 0 Å². The van der Waals surface area contributed by atoms with Crippen molar-refractivity contribution in [1.82, 2.24) is 4.98 Å². The number of hydrogen-bond acceptors (Lipinski definition) is 7. The molecule has 3 rings (SSSR count). The Morgan fingerprint density at radius 1 is 1.17 bits per heavy atom. The van der Waals surface area contributed by atoms with Crippen molar-refractivity contribution in [3.8, 4) is 11.8 Å². The van der Waals surface area contributed by atoms with Gasteiger partial charge in [0, 0.05) is 15.7 Å². The fourth-order valence-electron chi connectivity index (χ4n) is 3.10. The van der Waals surface area contributed by atoms with Gasteiger partial charge in [0.25, 0.3) is 0 Å². The summed E-state index contributed by atoms with van der Waals surface area (Å²) in [5, 5.41) is 20.4. The van der Waals surface area contributed by atoms with Crippen molar-refractivity contribution < 1.29 is 17.9 Å². The molecule has 0 radical (unpaired) electrons. The van der Waals surface area contributed by atoms with Gasteiger partial charge in [-0.1, -0.05) is 29.3 Å². The summed E-state index contributed by atoms with van der Waals surface area (Å²) >= 11 is 3.03. The average Bonchev–Trinajstić information content (AvgIpc) is 2.80. The van der Waals surface area contributed by atoms with Crippen LogP contribution in [0, 0.1) is 18.3 Å². The van der Waals surface area contributed by atoms with Crippen LogP contribution in [0.2, 0.25) is 0 Å². The van der Waals surface area contributed by atoms with E-state index in [2.05, 4.69) is 43.4 Å². The molecule has 0 amide bonds. The number of azo groups is 1. The second-order valence-corrected chi connectivity index (χ2v) is 8.43. The fourth-order valence-corrected chi connectivity index (χ4v) is 3.46. The van der Waals surface area contributed by atoms with Gasteiger partial charge in [0.2, 0.25) is 0 Å². The summed E-state index contributed by atoms with van der Waals surface area (Å²) in [6.07, 6.45) is -2.64. The molecule has 0 unspecified atom stereocenters. The van der Waals surface area contributed by atoms with E-state index >= 15 is 0 Å². The predicted octanol–water partition coefficient (Wildman–Crippen LogP) is 7.96. The molecular formula is C24H22BrF3N6O. The van der Waals surface area contributed by atoms with Crippen molar-refractivity contribution in [1.29, 1.82) is 5.26 Å². The number of nitrogens with zero attached hydrogens (tertiary/aromatic N) is 4. The maximum Gasteiger partial charge on any atom is 0.418 e. The number of nitrogen functional groups attached to an aromatic ring is 1. The third-order valence-corrected chi connectivity index (χ3v) is 5.45. The number of pyridine rings is 1. The lowest BCUT2D eigenvalue weighted by molar-refractivity contribution is -0.137. The molecule has 0 fully saturated rings. The Morgan fingerprint density at radius 2 is 1.89 bits per heavy atom. The summed E-state index contributed by atoms with van der Waals surface area (Å²) in [7, 11) is 0. The molecule has 182 valence electrons. The second kappa shape index (κ2) is 11.2. The molecule has 0 aliphatic rings. The van der Waals surface area contributed by atoms with Crippen molar-refractivity contribution in [2.75, 3.05) is 17.7 Å². The molecule has 0 spiro atoms.